The molecule has 1 aromatic heterocycles. The Bertz CT molecular complexity index is 835. The van der Waals surface area contributed by atoms with Crippen molar-refractivity contribution in [3.8, 4) is 0 Å². The number of halogens is 1. The molecule has 0 fully saturated rings. The van der Waals surface area contributed by atoms with Crippen molar-refractivity contribution in [2.24, 2.45) is 0 Å². The monoisotopic (exact) mass is 402 g/mol. The summed E-state index contributed by atoms with van der Waals surface area (Å²) in [5, 5.41) is 4.69. The minimum Gasteiger partial charge on any atom is -0.452 e. The van der Waals surface area contributed by atoms with Crippen molar-refractivity contribution in [1.82, 2.24) is 4.72 Å². The van der Waals surface area contributed by atoms with Crippen molar-refractivity contribution in [3.63, 3.8) is 0 Å². The Labute approximate surface area is 154 Å². The van der Waals surface area contributed by atoms with Crippen molar-refractivity contribution >= 4 is 50.5 Å². The summed E-state index contributed by atoms with van der Waals surface area (Å²) in [6.45, 7) is 0.815. The average molecular weight is 403 g/mol. The smallest absolute Gasteiger partial charge is 0.321 e. The topological polar surface area (TPSA) is 102 Å². The predicted molar refractivity (Wildman–Crippen MR) is 95.1 cm³/mol. The summed E-state index contributed by atoms with van der Waals surface area (Å²) in [7, 11) is -3.77. The van der Waals surface area contributed by atoms with Gasteiger partial charge in [0.05, 0.1) is 0 Å². The predicted octanol–water partition coefficient (Wildman–Crippen LogP) is 2.25. The number of hydrogen-bond acceptors (Lipinski definition) is 6. The molecule has 1 amide bonds. The maximum atomic E-state index is 12.0. The van der Waals surface area contributed by atoms with Crippen molar-refractivity contribution in [2.45, 2.75) is 17.2 Å². The summed E-state index contributed by atoms with van der Waals surface area (Å²) < 4.78 is 30.9. The molecule has 0 radical (unpaired) electrons. The highest BCUT2D eigenvalue weighted by molar-refractivity contribution is 7.91. The third-order valence-corrected chi connectivity index (χ3v) is 6.01. The highest BCUT2D eigenvalue weighted by atomic mass is 35.5. The van der Waals surface area contributed by atoms with Crippen LogP contribution in [0, 0.1) is 0 Å². The summed E-state index contributed by atoms with van der Waals surface area (Å²) in [6.07, 6.45) is -1.09. The minimum absolute atomic E-state index is 0.0915. The van der Waals surface area contributed by atoms with E-state index in [1.807, 2.05) is 0 Å². The Balaban J connectivity index is 1.83. The van der Waals surface area contributed by atoms with E-state index in [9.17, 15) is 18.0 Å². The third kappa shape index (κ3) is 5.82. The van der Waals surface area contributed by atoms with Crippen LogP contribution >= 0.6 is 22.9 Å². The van der Waals surface area contributed by atoms with Crippen LogP contribution in [-0.2, 0) is 24.3 Å². The van der Waals surface area contributed by atoms with Gasteiger partial charge in [0.25, 0.3) is 15.9 Å². The second kappa shape index (κ2) is 8.43. The fourth-order valence-electron chi connectivity index (χ4n) is 1.71. The Morgan fingerprint density at radius 3 is 2.52 bits per heavy atom. The van der Waals surface area contributed by atoms with Crippen LogP contribution in [0.4, 0.5) is 5.69 Å². The number of anilines is 1. The standard InChI is InChI=1S/C15H15ClN2O5S2/c1-10(15(20)18-12-6-4-11(16)5-7-12)23-13(19)9-17-25(21,22)14-3-2-8-24-14/h2-8,10,17H,9H2,1H3,(H,18,20). The van der Waals surface area contributed by atoms with Crippen LogP contribution < -0.4 is 10.0 Å². The largest absolute Gasteiger partial charge is 0.452 e. The van der Waals surface area contributed by atoms with E-state index in [0.29, 0.717) is 10.7 Å². The first-order chi connectivity index (χ1) is 11.8. The van der Waals surface area contributed by atoms with E-state index in [1.165, 1.54) is 13.0 Å². The van der Waals surface area contributed by atoms with E-state index in [-0.39, 0.29) is 4.21 Å². The molecule has 134 valence electrons. The van der Waals surface area contributed by atoms with E-state index in [1.54, 1.807) is 35.7 Å². The van der Waals surface area contributed by atoms with Crippen LogP contribution in [0.3, 0.4) is 0 Å². The Kier molecular flexibility index (Phi) is 6.54. The molecule has 0 spiro atoms. The van der Waals surface area contributed by atoms with Gasteiger partial charge >= 0.3 is 5.97 Å². The fourth-order valence-corrected chi connectivity index (χ4v) is 3.84. The van der Waals surface area contributed by atoms with Gasteiger partial charge in [-0.3, -0.25) is 9.59 Å². The highest BCUT2D eigenvalue weighted by Gasteiger charge is 2.21. The molecule has 2 N–H and O–H groups in total. The molecular formula is C15H15ClN2O5S2. The summed E-state index contributed by atoms with van der Waals surface area (Å²) in [5.74, 6) is -1.41. The first-order valence-corrected chi connectivity index (χ1v) is 9.81. The number of nitrogens with one attached hydrogen (secondary N) is 2. The van der Waals surface area contributed by atoms with Gasteiger partial charge in [0.15, 0.2) is 6.10 Å². The zero-order valence-corrected chi connectivity index (χ0v) is 15.5. The molecule has 0 bridgehead atoms. The van der Waals surface area contributed by atoms with E-state index < -0.39 is 34.5 Å². The number of amides is 1. The minimum atomic E-state index is -3.77. The molecule has 2 aromatic rings. The maximum absolute atomic E-state index is 12.0. The number of hydrogen-bond donors (Lipinski definition) is 2. The molecule has 10 heteroatoms. The van der Waals surface area contributed by atoms with Gasteiger partial charge in [-0.15, -0.1) is 11.3 Å². The molecule has 1 heterocycles. The molecule has 1 unspecified atom stereocenters. The zero-order chi connectivity index (χ0) is 18.4. The number of sulfonamides is 1. The van der Waals surface area contributed by atoms with E-state index in [2.05, 4.69) is 10.0 Å². The molecule has 2 rings (SSSR count). The summed E-state index contributed by atoms with van der Waals surface area (Å²) in [4.78, 5) is 23.7. The van der Waals surface area contributed by atoms with Crippen LogP contribution in [0.25, 0.3) is 0 Å². The van der Waals surface area contributed by atoms with Crippen LogP contribution in [0.2, 0.25) is 5.02 Å². The number of benzene rings is 1. The van der Waals surface area contributed by atoms with Gasteiger partial charge in [-0.05, 0) is 42.6 Å². The van der Waals surface area contributed by atoms with Crippen molar-refractivity contribution in [2.75, 3.05) is 11.9 Å². The summed E-state index contributed by atoms with van der Waals surface area (Å²) in [5.41, 5.74) is 0.496. The molecule has 7 nitrogen and oxygen atoms in total. The second-order valence-corrected chi connectivity index (χ2v) is 8.26. The van der Waals surface area contributed by atoms with Gasteiger partial charge in [0.2, 0.25) is 0 Å². The highest BCUT2D eigenvalue weighted by Crippen LogP contribution is 2.15. The van der Waals surface area contributed by atoms with Crippen molar-refractivity contribution in [3.05, 3.63) is 46.8 Å². The lowest BCUT2D eigenvalue weighted by atomic mass is 10.3. The first-order valence-electron chi connectivity index (χ1n) is 7.07. The summed E-state index contributed by atoms with van der Waals surface area (Å²) >= 11 is 6.78. The molecule has 0 saturated carbocycles. The van der Waals surface area contributed by atoms with Crippen LogP contribution in [-0.4, -0.2) is 32.9 Å². The molecule has 0 saturated heterocycles. The van der Waals surface area contributed by atoms with Crippen LogP contribution in [0.15, 0.2) is 46.0 Å². The molecule has 0 aliphatic carbocycles. The SMILES string of the molecule is CC(OC(=O)CNS(=O)(=O)c1cccs1)C(=O)Nc1ccc(Cl)cc1. The van der Waals surface area contributed by atoms with Gasteiger partial charge in [-0.1, -0.05) is 17.7 Å². The van der Waals surface area contributed by atoms with E-state index in [4.69, 9.17) is 16.3 Å². The number of carbonyl (C=O) groups is 2. The number of esters is 1. The average Bonchev–Trinajstić information content (AvgIpc) is 3.10. The lowest BCUT2D eigenvalue weighted by Gasteiger charge is -2.14. The second-order valence-electron chi connectivity index (χ2n) is 4.88. The normalized spacial score (nSPS) is 12.4. The molecule has 1 aromatic carbocycles. The number of ether oxygens (including phenoxy) is 1. The molecule has 25 heavy (non-hydrogen) atoms. The fraction of sp³-hybridized carbons (Fsp3) is 0.200. The quantitative estimate of drug-likeness (QED) is 0.691. The van der Waals surface area contributed by atoms with E-state index >= 15 is 0 Å². The molecule has 0 aliphatic rings. The number of rotatable bonds is 7. The van der Waals surface area contributed by atoms with Crippen molar-refractivity contribution < 1.29 is 22.7 Å². The van der Waals surface area contributed by atoms with Gasteiger partial charge < -0.3 is 10.1 Å². The summed E-state index contributed by atoms with van der Waals surface area (Å²) in [6, 6.07) is 9.41. The van der Waals surface area contributed by atoms with Gasteiger partial charge in [-0.25, -0.2) is 8.42 Å². The Morgan fingerprint density at radius 2 is 1.92 bits per heavy atom. The van der Waals surface area contributed by atoms with Crippen molar-refractivity contribution in [1.29, 1.82) is 0 Å². The maximum Gasteiger partial charge on any atom is 0.321 e. The number of thiophene rings is 1. The molecule has 0 aliphatic heterocycles. The lowest BCUT2D eigenvalue weighted by Crippen LogP contribution is -2.35. The van der Waals surface area contributed by atoms with E-state index in [0.717, 1.165) is 11.3 Å². The van der Waals surface area contributed by atoms with Gasteiger partial charge in [0.1, 0.15) is 10.8 Å². The first kappa shape index (κ1) is 19.4. The van der Waals surface area contributed by atoms with Gasteiger partial charge in [-0.2, -0.15) is 4.72 Å². The Morgan fingerprint density at radius 1 is 1.24 bits per heavy atom. The van der Waals surface area contributed by atoms with Gasteiger partial charge in [0, 0.05) is 10.7 Å². The van der Waals surface area contributed by atoms with Crippen LogP contribution in [0.5, 0.6) is 0 Å². The zero-order valence-electron chi connectivity index (χ0n) is 13.1. The number of carbonyl (C=O) groups excluding carboxylic acids is 2. The van der Waals surface area contributed by atoms with Crippen LogP contribution in [0.1, 0.15) is 6.92 Å². The molecule has 1 atom stereocenters. The third-order valence-electron chi connectivity index (χ3n) is 2.96. The molecular weight excluding hydrogens is 388 g/mol. The Hall–Kier alpha value is -1.94. The lowest BCUT2D eigenvalue weighted by molar-refractivity contribution is -0.151.